The lowest BCUT2D eigenvalue weighted by atomic mass is 10.2. The number of alkyl halides is 1. The molecule has 0 aromatic heterocycles. The topological polar surface area (TPSA) is 52.4 Å². The molecule has 0 amide bonds. The van der Waals surface area contributed by atoms with E-state index in [9.17, 15) is 10.1 Å². The number of rotatable bonds is 4. The first kappa shape index (κ1) is 15.1. The Morgan fingerprint density at radius 1 is 1.25 bits per heavy atom. The van der Waals surface area contributed by atoms with E-state index in [2.05, 4.69) is 15.9 Å². The van der Waals surface area contributed by atoms with Crippen molar-refractivity contribution in [3.63, 3.8) is 0 Å². The minimum Gasteiger partial charge on any atom is -0.457 e. The number of nitro groups is 1. The number of benzene rings is 2. The van der Waals surface area contributed by atoms with Crippen LogP contribution in [-0.2, 0) is 5.88 Å². The second kappa shape index (κ2) is 6.43. The van der Waals surface area contributed by atoms with Crippen LogP contribution in [0.5, 0.6) is 11.5 Å². The Morgan fingerprint density at radius 3 is 2.65 bits per heavy atom. The number of ether oxygens (including phenoxy) is 1. The molecule has 2 rings (SSSR count). The van der Waals surface area contributed by atoms with Crippen molar-refractivity contribution in [3.8, 4) is 11.5 Å². The third-order valence-corrected chi connectivity index (χ3v) is 3.44. The average molecular weight is 377 g/mol. The summed E-state index contributed by atoms with van der Waals surface area (Å²) < 4.78 is 6.21. The number of nitro benzene ring substituents is 1. The highest BCUT2D eigenvalue weighted by Crippen LogP contribution is 2.32. The van der Waals surface area contributed by atoms with E-state index in [4.69, 9.17) is 27.9 Å². The molecule has 104 valence electrons. The maximum atomic E-state index is 10.8. The second-order valence-electron chi connectivity index (χ2n) is 3.89. The fourth-order valence-electron chi connectivity index (χ4n) is 1.59. The van der Waals surface area contributed by atoms with Gasteiger partial charge in [0.05, 0.1) is 16.9 Å². The lowest BCUT2D eigenvalue weighted by Crippen LogP contribution is -1.92. The van der Waals surface area contributed by atoms with Gasteiger partial charge in [-0.2, -0.15) is 0 Å². The van der Waals surface area contributed by atoms with Crippen LogP contribution in [0.25, 0.3) is 0 Å². The quantitative estimate of drug-likeness (QED) is 0.399. The molecule has 0 fully saturated rings. The summed E-state index contributed by atoms with van der Waals surface area (Å²) in [7, 11) is 0. The zero-order valence-electron chi connectivity index (χ0n) is 9.98. The van der Waals surface area contributed by atoms with Crippen molar-refractivity contribution in [1.82, 2.24) is 0 Å². The van der Waals surface area contributed by atoms with Gasteiger partial charge in [0.2, 0.25) is 0 Å². The van der Waals surface area contributed by atoms with Crippen molar-refractivity contribution in [2.24, 2.45) is 0 Å². The normalized spacial score (nSPS) is 10.3. The molecule has 0 aliphatic rings. The van der Waals surface area contributed by atoms with Crippen LogP contribution >= 0.6 is 39.1 Å². The number of hydrogen-bond acceptors (Lipinski definition) is 3. The zero-order valence-corrected chi connectivity index (χ0v) is 13.1. The molecular weight excluding hydrogens is 369 g/mol. The maximum absolute atomic E-state index is 10.8. The number of non-ortho nitro benzene ring substituents is 1. The van der Waals surface area contributed by atoms with Gasteiger partial charge in [-0.25, -0.2) is 0 Å². The van der Waals surface area contributed by atoms with E-state index >= 15 is 0 Å². The van der Waals surface area contributed by atoms with E-state index < -0.39 is 4.92 Å². The molecule has 0 radical (unpaired) electrons. The van der Waals surface area contributed by atoms with Crippen LogP contribution in [0.4, 0.5) is 5.69 Å². The van der Waals surface area contributed by atoms with Gasteiger partial charge in [-0.1, -0.05) is 27.5 Å². The molecule has 0 aliphatic carbocycles. The molecular formula is C13H8BrCl2NO3. The Morgan fingerprint density at radius 2 is 2.00 bits per heavy atom. The number of nitrogens with zero attached hydrogens (tertiary/aromatic N) is 1. The van der Waals surface area contributed by atoms with Crippen molar-refractivity contribution in [2.75, 3.05) is 0 Å². The molecule has 0 saturated carbocycles. The molecule has 0 aliphatic heterocycles. The van der Waals surface area contributed by atoms with Crippen LogP contribution in [0.15, 0.2) is 40.9 Å². The fourth-order valence-corrected chi connectivity index (χ4v) is 2.45. The van der Waals surface area contributed by atoms with E-state index in [0.717, 1.165) is 0 Å². The molecule has 0 saturated heterocycles. The predicted molar refractivity (Wildman–Crippen MR) is 81.9 cm³/mol. The Balaban J connectivity index is 2.37. The van der Waals surface area contributed by atoms with Gasteiger partial charge in [0, 0.05) is 21.1 Å². The van der Waals surface area contributed by atoms with Crippen LogP contribution in [0, 0.1) is 10.1 Å². The molecule has 4 nitrogen and oxygen atoms in total. The largest absolute Gasteiger partial charge is 0.457 e. The zero-order chi connectivity index (χ0) is 14.7. The van der Waals surface area contributed by atoms with E-state index in [0.29, 0.717) is 26.6 Å². The van der Waals surface area contributed by atoms with Crippen molar-refractivity contribution in [3.05, 3.63) is 61.6 Å². The van der Waals surface area contributed by atoms with E-state index in [1.54, 1.807) is 24.3 Å². The molecule has 0 bridgehead atoms. The van der Waals surface area contributed by atoms with Crippen molar-refractivity contribution >= 4 is 44.8 Å². The van der Waals surface area contributed by atoms with E-state index in [1.807, 2.05) is 0 Å². The van der Waals surface area contributed by atoms with Gasteiger partial charge < -0.3 is 4.74 Å². The molecule has 2 aromatic rings. The molecule has 0 N–H and O–H groups in total. The summed E-state index contributed by atoms with van der Waals surface area (Å²) in [5, 5.41) is 11.4. The van der Waals surface area contributed by atoms with Gasteiger partial charge in [0.25, 0.3) is 5.69 Å². The van der Waals surface area contributed by atoms with E-state index in [1.165, 1.54) is 12.1 Å². The standard InChI is InChI=1S/C13H8BrCl2NO3/c14-9-4-11(17(18)19)6-12(5-9)20-13-2-1-10(16)3-8(13)7-15/h1-6H,7H2. The van der Waals surface area contributed by atoms with Crippen LogP contribution in [0.2, 0.25) is 5.02 Å². The molecule has 0 unspecified atom stereocenters. The van der Waals surface area contributed by atoms with Crippen molar-refractivity contribution < 1.29 is 9.66 Å². The SMILES string of the molecule is O=[N+]([O-])c1cc(Br)cc(Oc2ccc(Cl)cc2CCl)c1. The second-order valence-corrected chi connectivity index (χ2v) is 5.51. The lowest BCUT2D eigenvalue weighted by Gasteiger charge is -2.10. The summed E-state index contributed by atoms with van der Waals surface area (Å²) in [6.07, 6.45) is 0. The van der Waals surface area contributed by atoms with Crippen LogP contribution < -0.4 is 4.74 Å². The Kier molecular flexibility index (Phi) is 4.86. The monoisotopic (exact) mass is 375 g/mol. The van der Waals surface area contributed by atoms with E-state index in [-0.39, 0.29) is 11.6 Å². The number of halogens is 3. The maximum Gasteiger partial charge on any atom is 0.274 e. The van der Waals surface area contributed by atoms with Gasteiger partial charge in [0.15, 0.2) is 0 Å². The summed E-state index contributed by atoms with van der Waals surface area (Å²) in [6, 6.07) is 9.41. The summed E-state index contributed by atoms with van der Waals surface area (Å²) in [5.74, 6) is 1.09. The minimum absolute atomic E-state index is 0.0595. The summed E-state index contributed by atoms with van der Waals surface area (Å²) in [5.41, 5.74) is 0.651. The van der Waals surface area contributed by atoms with Crippen LogP contribution in [0.1, 0.15) is 5.56 Å². The van der Waals surface area contributed by atoms with Gasteiger partial charge in [-0.15, -0.1) is 11.6 Å². The average Bonchev–Trinajstić information content (AvgIpc) is 2.40. The van der Waals surface area contributed by atoms with Crippen LogP contribution in [-0.4, -0.2) is 4.92 Å². The summed E-state index contributed by atoms with van der Waals surface area (Å²) in [6.45, 7) is 0. The Hall–Kier alpha value is -1.30. The highest BCUT2D eigenvalue weighted by Gasteiger charge is 2.12. The first-order valence-electron chi connectivity index (χ1n) is 5.47. The number of hydrogen-bond donors (Lipinski definition) is 0. The molecule has 0 heterocycles. The first-order chi connectivity index (χ1) is 9.49. The predicted octanol–water partition coefficient (Wildman–Crippen LogP) is 5.54. The van der Waals surface area contributed by atoms with Crippen LogP contribution in [0.3, 0.4) is 0 Å². The van der Waals surface area contributed by atoms with Crippen molar-refractivity contribution in [1.29, 1.82) is 0 Å². The fraction of sp³-hybridized carbons (Fsp3) is 0.0769. The summed E-state index contributed by atoms with van der Waals surface area (Å²) >= 11 is 14.9. The van der Waals surface area contributed by atoms with Gasteiger partial charge in [-0.05, 0) is 24.3 Å². The molecule has 2 aromatic carbocycles. The Bertz CT molecular complexity index is 664. The smallest absolute Gasteiger partial charge is 0.274 e. The highest BCUT2D eigenvalue weighted by atomic mass is 79.9. The molecule has 0 atom stereocenters. The summed E-state index contributed by atoms with van der Waals surface area (Å²) in [4.78, 5) is 10.3. The minimum atomic E-state index is -0.484. The third kappa shape index (κ3) is 3.62. The highest BCUT2D eigenvalue weighted by molar-refractivity contribution is 9.10. The lowest BCUT2D eigenvalue weighted by molar-refractivity contribution is -0.385. The molecule has 7 heteroatoms. The Labute approximate surface area is 133 Å². The van der Waals surface area contributed by atoms with Gasteiger partial charge in [0.1, 0.15) is 11.5 Å². The van der Waals surface area contributed by atoms with Crippen molar-refractivity contribution in [2.45, 2.75) is 5.88 Å². The van der Waals surface area contributed by atoms with Gasteiger partial charge in [-0.3, -0.25) is 10.1 Å². The first-order valence-corrected chi connectivity index (χ1v) is 7.17. The van der Waals surface area contributed by atoms with Gasteiger partial charge >= 0.3 is 0 Å². The third-order valence-electron chi connectivity index (χ3n) is 2.46. The molecule has 20 heavy (non-hydrogen) atoms. The molecule has 0 spiro atoms.